The van der Waals surface area contributed by atoms with Crippen molar-refractivity contribution in [3.63, 3.8) is 0 Å². The second-order valence-electron chi connectivity index (χ2n) is 11.6. The van der Waals surface area contributed by atoms with Gasteiger partial charge in [0.25, 0.3) is 0 Å². The Hall–Kier alpha value is -4.47. The fraction of sp³-hybridized carbons (Fsp3) is 0.324. The van der Waals surface area contributed by atoms with Gasteiger partial charge >= 0.3 is 5.97 Å². The molecule has 1 heterocycles. The van der Waals surface area contributed by atoms with Gasteiger partial charge in [-0.3, -0.25) is 9.69 Å². The van der Waals surface area contributed by atoms with E-state index in [1.54, 1.807) is 24.6 Å². The van der Waals surface area contributed by atoms with Crippen LogP contribution in [0.15, 0.2) is 89.7 Å². The van der Waals surface area contributed by atoms with Crippen LogP contribution in [0.3, 0.4) is 0 Å². The Kier molecular flexibility index (Phi) is 9.54. The molecular formula is C34H38N4O5. The zero-order chi connectivity index (χ0) is 30.2. The third kappa shape index (κ3) is 8.30. The number of hydrogen-bond donors (Lipinski definition) is 2. The van der Waals surface area contributed by atoms with Crippen molar-refractivity contribution in [2.75, 3.05) is 39.0 Å². The summed E-state index contributed by atoms with van der Waals surface area (Å²) >= 11 is 0. The van der Waals surface area contributed by atoms with Gasteiger partial charge in [-0.2, -0.15) is 0 Å². The minimum absolute atomic E-state index is 0.0571. The molecule has 1 aliphatic carbocycles. The van der Waals surface area contributed by atoms with E-state index < -0.39 is 5.97 Å². The molecule has 1 fully saturated rings. The highest BCUT2D eigenvalue weighted by Crippen LogP contribution is 2.39. The smallest absolute Gasteiger partial charge is 0.335 e. The van der Waals surface area contributed by atoms with E-state index in [0.29, 0.717) is 35.2 Å². The first kappa shape index (κ1) is 30.0. The lowest BCUT2D eigenvalue weighted by atomic mass is 9.84. The van der Waals surface area contributed by atoms with E-state index in [2.05, 4.69) is 27.1 Å². The summed E-state index contributed by atoms with van der Waals surface area (Å²) in [6, 6.07) is 21.9. The molecule has 1 saturated carbocycles. The normalized spacial score (nSPS) is 14.2. The van der Waals surface area contributed by atoms with E-state index in [4.69, 9.17) is 14.3 Å². The van der Waals surface area contributed by atoms with Crippen LogP contribution in [0, 0.1) is 5.41 Å². The molecule has 43 heavy (non-hydrogen) atoms. The first-order chi connectivity index (χ1) is 20.8. The van der Waals surface area contributed by atoms with Crippen LogP contribution in [0.1, 0.15) is 41.6 Å². The van der Waals surface area contributed by atoms with Gasteiger partial charge < -0.3 is 24.5 Å². The maximum Gasteiger partial charge on any atom is 0.335 e. The number of amides is 1. The Morgan fingerprint density at radius 3 is 2.14 bits per heavy atom. The van der Waals surface area contributed by atoms with Gasteiger partial charge in [0, 0.05) is 30.9 Å². The van der Waals surface area contributed by atoms with Crippen LogP contribution in [-0.4, -0.2) is 65.5 Å². The summed E-state index contributed by atoms with van der Waals surface area (Å²) < 4.78 is 11.3. The van der Waals surface area contributed by atoms with Crippen molar-refractivity contribution >= 4 is 17.6 Å². The maximum atomic E-state index is 12.9. The quantitative estimate of drug-likeness (QED) is 0.187. The molecule has 0 unspecified atom stereocenters. The predicted octanol–water partition coefficient (Wildman–Crippen LogP) is 6.39. The summed E-state index contributed by atoms with van der Waals surface area (Å²) in [5.41, 5.74) is 3.10. The number of nitrogens with zero attached hydrogens (tertiary/aromatic N) is 3. The second-order valence-corrected chi connectivity index (χ2v) is 11.6. The zero-order valence-electron chi connectivity index (χ0n) is 24.7. The summed E-state index contributed by atoms with van der Waals surface area (Å²) in [6.07, 6.45) is 7.80. The number of carboxylic acids is 1. The standard InChI is InChI=1S/C34H38N4O5/c1-37(21-25-5-7-27(8-6-25)33(40)41)23-34(17-3-4-18-34)24-38(2)22-31(39)36-28-11-15-30(16-12-28)43-29-13-9-26(10-14-29)32-35-19-20-42-32/h5-16,19-20H,3-4,17-18,21-24H2,1-2H3,(H,36,39)(H,40,41). The number of carbonyl (C=O) groups is 2. The van der Waals surface area contributed by atoms with E-state index in [1.807, 2.05) is 67.7 Å². The summed E-state index contributed by atoms with van der Waals surface area (Å²) in [7, 11) is 4.12. The lowest BCUT2D eigenvalue weighted by Crippen LogP contribution is -2.43. The number of likely N-dealkylation sites (N-methyl/N-ethyl adjacent to an activating group) is 1. The molecule has 5 rings (SSSR count). The summed E-state index contributed by atoms with van der Waals surface area (Å²) in [6.45, 7) is 2.81. The number of benzene rings is 3. The van der Waals surface area contributed by atoms with Crippen LogP contribution >= 0.6 is 0 Å². The topological polar surface area (TPSA) is 108 Å². The van der Waals surface area contributed by atoms with Gasteiger partial charge in [0.2, 0.25) is 11.8 Å². The monoisotopic (exact) mass is 582 g/mol. The van der Waals surface area contributed by atoms with E-state index >= 15 is 0 Å². The molecular weight excluding hydrogens is 544 g/mol. The van der Waals surface area contributed by atoms with Gasteiger partial charge in [0.15, 0.2) is 0 Å². The summed E-state index contributed by atoms with van der Waals surface area (Å²) in [5.74, 6) is 0.953. The highest BCUT2D eigenvalue weighted by atomic mass is 16.5. The Labute approximate surface area is 252 Å². The number of carboxylic acid groups (broad SMARTS) is 1. The molecule has 0 radical (unpaired) electrons. The van der Waals surface area contributed by atoms with Crippen molar-refractivity contribution in [3.05, 3.63) is 96.4 Å². The molecule has 0 bridgehead atoms. The number of carbonyl (C=O) groups excluding carboxylic acids is 1. The SMILES string of the molecule is CN(CC(=O)Nc1ccc(Oc2ccc(-c3ncco3)cc2)cc1)CC1(CN(C)Cc2ccc(C(=O)O)cc2)CCCC1. The number of aromatic carboxylic acids is 1. The molecule has 9 heteroatoms. The Balaban J connectivity index is 1.09. The number of rotatable bonds is 13. The number of ether oxygens (including phenoxy) is 1. The Morgan fingerprint density at radius 2 is 1.53 bits per heavy atom. The molecule has 4 aromatic rings. The van der Waals surface area contributed by atoms with Gasteiger partial charge in [-0.1, -0.05) is 25.0 Å². The second kappa shape index (κ2) is 13.7. The predicted molar refractivity (Wildman–Crippen MR) is 165 cm³/mol. The molecule has 1 aromatic heterocycles. The van der Waals surface area contributed by atoms with Crippen LogP contribution < -0.4 is 10.1 Å². The van der Waals surface area contributed by atoms with E-state index in [1.165, 1.54) is 12.8 Å². The van der Waals surface area contributed by atoms with Crippen LogP contribution in [0.4, 0.5) is 5.69 Å². The van der Waals surface area contributed by atoms with Gasteiger partial charge in [0.05, 0.1) is 18.3 Å². The van der Waals surface area contributed by atoms with Crippen molar-refractivity contribution in [1.29, 1.82) is 0 Å². The highest BCUT2D eigenvalue weighted by Gasteiger charge is 2.36. The fourth-order valence-corrected chi connectivity index (χ4v) is 6.03. The van der Waals surface area contributed by atoms with Crippen molar-refractivity contribution in [2.45, 2.75) is 32.2 Å². The molecule has 0 aliphatic heterocycles. The average molecular weight is 583 g/mol. The maximum absolute atomic E-state index is 12.9. The molecule has 0 spiro atoms. The van der Waals surface area contributed by atoms with Crippen molar-refractivity contribution in [3.8, 4) is 23.0 Å². The van der Waals surface area contributed by atoms with Crippen LogP contribution in [0.2, 0.25) is 0 Å². The molecule has 2 N–H and O–H groups in total. The van der Waals surface area contributed by atoms with Crippen molar-refractivity contribution in [1.82, 2.24) is 14.8 Å². The Morgan fingerprint density at radius 1 is 0.907 bits per heavy atom. The lowest BCUT2D eigenvalue weighted by molar-refractivity contribution is -0.117. The first-order valence-corrected chi connectivity index (χ1v) is 14.5. The zero-order valence-corrected chi connectivity index (χ0v) is 24.7. The van der Waals surface area contributed by atoms with Crippen molar-refractivity contribution in [2.24, 2.45) is 5.41 Å². The average Bonchev–Trinajstić information content (AvgIpc) is 3.68. The van der Waals surface area contributed by atoms with Gasteiger partial charge in [-0.25, -0.2) is 9.78 Å². The first-order valence-electron chi connectivity index (χ1n) is 14.5. The molecule has 0 saturated heterocycles. The minimum Gasteiger partial charge on any atom is -0.478 e. The third-order valence-corrected chi connectivity index (χ3v) is 7.85. The minimum atomic E-state index is -0.912. The number of hydrogen-bond acceptors (Lipinski definition) is 7. The largest absolute Gasteiger partial charge is 0.478 e. The highest BCUT2D eigenvalue weighted by molar-refractivity contribution is 5.92. The third-order valence-electron chi connectivity index (χ3n) is 7.85. The fourth-order valence-electron chi connectivity index (χ4n) is 6.03. The molecule has 9 nitrogen and oxygen atoms in total. The lowest BCUT2D eigenvalue weighted by Gasteiger charge is -2.37. The van der Waals surface area contributed by atoms with Gasteiger partial charge in [0.1, 0.15) is 17.8 Å². The van der Waals surface area contributed by atoms with Gasteiger partial charge in [-0.05, 0) is 98.6 Å². The summed E-state index contributed by atoms with van der Waals surface area (Å²) in [4.78, 5) is 32.6. The molecule has 224 valence electrons. The van der Waals surface area contributed by atoms with Crippen LogP contribution in [0.25, 0.3) is 11.5 Å². The number of anilines is 1. The van der Waals surface area contributed by atoms with Crippen LogP contribution in [-0.2, 0) is 11.3 Å². The van der Waals surface area contributed by atoms with E-state index in [-0.39, 0.29) is 11.3 Å². The Bertz CT molecular complexity index is 1480. The number of nitrogens with one attached hydrogen (secondary N) is 1. The molecule has 3 aromatic carbocycles. The molecule has 1 amide bonds. The van der Waals surface area contributed by atoms with E-state index in [9.17, 15) is 9.59 Å². The molecule has 0 atom stereocenters. The molecule has 1 aliphatic rings. The summed E-state index contributed by atoms with van der Waals surface area (Å²) in [5, 5.41) is 12.2. The van der Waals surface area contributed by atoms with Crippen molar-refractivity contribution < 1.29 is 23.8 Å². The van der Waals surface area contributed by atoms with Gasteiger partial charge in [-0.15, -0.1) is 0 Å². The van der Waals surface area contributed by atoms with E-state index in [0.717, 1.165) is 43.6 Å². The number of oxazole rings is 1. The number of aromatic nitrogens is 1. The van der Waals surface area contributed by atoms with Crippen LogP contribution in [0.5, 0.6) is 11.5 Å².